The van der Waals surface area contributed by atoms with Gasteiger partial charge in [-0.1, -0.05) is 12.1 Å². The second-order valence-corrected chi connectivity index (χ2v) is 8.18. The third-order valence-corrected chi connectivity index (χ3v) is 5.67. The predicted octanol–water partition coefficient (Wildman–Crippen LogP) is 0.339. The number of anilines is 2. The molecule has 0 bridgehead atoms. The standard InChI is InChI=1S/C16H19N5O3S.CH2O2/c1-18-14-10-13(19-16(17)20-14)11-2-4-12(5-3-11)15(22)21-6-8-25(23,24)9-7-21;2-1-3/h2-5,10H,6-9H2,1H3,(H3,17,18,19,20);1H,(H,2,3). The van der Waals surface area contributed by atoms with Crippen molar-refractivity contribution in [3.8, 4) is 11.3 Å². The number of sulfone groups is 1. The van der Waals surface area contributed by atoms with E-state index in [-0.39, 0.29) is 42.9 Å². The summed E-state index contributed by atoms with van der Waals surface area (Å²) >= 11 is 0. The number of carboxylic acid groups (broad SMARTS) is 1. The minimum Gasteiger partial charge on any atom is -0.483 e. The van der Waals surface area contributed by atoms with Gasteiger partial charge in [-0.25, -0.2) is 13.4 Å². The molecule has 3 rings (SSSR count). The van der Waals surface area contributed by atoms with E-state index in [0.717, 1.165) is 5.56 Å². The SMILES string of the molecule is CNc1cc(-c2ccc(C(=O)N3CCS(=O)(=O)CC3)cc2)nc(N)n1.O=CO. The van der Waals surface area contributed by atoms with E-state index in [0.29, 0.717) is 17.1 Å². The highest BCUT2D eigenvalue weighted by Crippen LogP contribution is 2.21. The highest BCUT2D eigenvalue weighted by Gasteiger charge is 2.25. The summed E-state index contributed by atoms with van der Waals surface area (Å²) < 4.78 is 22.9. The first-order valence-corrected chi connectivity index (χ1v) is 10.1. The number of hydrogen-bond acceptors (Lipinski definition) is 8. The van der Waals surface area contributed by atoms with Crippen LogP contribution < -0.4 is 11.1 Å². The number of nitrogens with two attached hydrogens (primary N) is 1. The number of rotatable bonds is 3. The van der Waals surface area contributed by atoms with Gasteiger partial charge >= 0.3 is 0 Å². The molecule has 10 nitrogen and oxygen atoms in total. The summed E-state index contributed by atoms with van der Waals surface area (Å²) in [6.07, 6.45) is 0. The quantitative estimate of drug-likeness (QED) is 0.610. The zero-order valence-corrected chi connectivity index (χ0v) is 16.0. The van der Waals surface area contributed by atoms with Crippen LogP contribution in [0.5, 0.6) is 0 Å². The molecule has 1 amide bonds. The lowest BCUT2D eigenvalue weighted by molar-refractivity contribution is -0.122. The zero-order valence-electron chi connectivity index (χ0n) is 15.2. The number of hydrogen-bond donors (Lipinski definition) is 3. The summed E-state index contributed by atoms with van der Waals surface area (Å²) in [6.45, 7) is 0.216. The lowest BCUT2D eigenvalue weighted by Crippen LogP contribution is -2.43. The number of nitrogens with one attached hydrogen (secondary N) is 1. The first-order valence-electron chi connectivity index (χ1n) is 8.30. The van der Waals surface area contributed by atoms with Crippen LogP contribution in [0.4, 0.5) is 11.8 Å². The van der Waals surface area contributed by atoms with Crippen molar-refractivity contribution in [2.45, 2.75) is 0 Å². The maximum Gasteiger partial charge on any atom is 0.290 e. The van der Waals surface area contributed by atoms with Gasteiger partial charge in [-0.05, 0) is 12.1 Å². The van der Waals surface area contributed by atoms with Crippen LogP contribution in [0, 0.1) is 0 Å². The van der Waals surface area contributed by atoms with Crippen molar-refractivity contribution in [3.63, 3.8) is 0 Å². The second-order valence-electron chi connectivity index (χ2n) is 5.87. The Balaban J connectivity index is 0.000000878. The molecule has 2 aromatic rings. The van der Waals surface area contributed by atoms with E-state index in [1.807, 2.05) is 0 Å². The van der Waals surface area contributed by atoms with E-state index in [4.69, 9.17) is 15.6 Å². The van der Waals surface area contributed by atoms with Crippen LogP contribution in [-0.2, 0) is 14.6 Å². The van der Waals surface area contributed by atoms with Crippen LogP contribution in [0.1, 0.15) is 10.4 Å². The molecular formula is C17H21N5O5S. The summed E-state index contributed by atoms with van der Waals surface area (Å²) in [7, 11) is -1.27. The van der Waals surface area contributed by atoms with Crippen molar-refractivity contribution in [2.75, 3.05) is 42.7 Å². The molecule has 0 radical (unpaired) electrons. The average Bonchev–Trinajstić information content (AvgIpc) is 2.67. The summed E-state index contributed by atoms with van der Waals surface area (Å²) in [6, 6.07) is 8.75. The van der Waals surface area contributed by atoms with Gasteiger partial charge in [0.15, 0.2) is 9.84 Å². The van der Waals surface area contributed by atoms with Crippen molar-refractivity contribution in [1.29, 1.82) is 0 Å². The van der Waals surface area contributed by atoms with Gasteiger partial charge in [0.05, 0.1) is 17.2 Å². The van der Waals surface area contributed by atoms with Crippen LogP contribution in [0.25, 0.3) is 11.3 Å². The molecule has 0 saturated carbocycles. The van der Waals surface area contributed by atoms with Gasteiger partial charge in [-0.2, -0.15) is 4.98 Å². The van der Waals surface area contributed by atoms with E-state index in [1.165, 1.54) is 0 Å². The van der Waals surface area contributed by atoms with Crippen LogP contribution in [0.15, 0.2) is 30.3 Å². The van der Waals surface area contributed by atoms with Crippen molar-refractivity contribution in [1.82, 2.24) is 14.9 Å². The molecule has 1 fully saturated rings. The second kappa shape index (κ2) is 9.13. The third-order valence-electron chi connectivity index (χ3n) is 4.06. The summed E-state index contributed by atoms with van der Waals surface area (Å²) in [5.74, 6) is 0.640. The average molecular weight is 407 g/mol. The maximum atomic E-state index is 12.5. The number of carbonyl (C=O) groups is 2. The van der Waals surface area contributed by atoms with Crippen LogP contribution in [0.3, 0.4) is 0 Å². The van der Waals surface area contributed by atoms with Gasteiger partial charge in [0.25, 0.3) is 12.4 Å². The van der Waals surface area contributed by atoms with Crippen molar-refractivity contribution < 1.29 is 23.1 Å². The molecule has 28 heavy (non-hydrogen) atoms. The number of aromatic nitrogens is 2. The van der Waals surface area contributed by atoms with Crippen LogP contribution in [-0.4, -0.2) is 72.4 Å². The Bertz CT molecular complexity index is 933. The molecule has 1 aromatic carbocycles. The summed E-state index contributed by atoms with van der Waals surface area (Å²) in [4.78, 5) is 30.7. The molecule has 2 heterocycles. The predicted molar refractivity (Wildman–Crippen MR) is 105 cm³/mol. The van der Waals surface area contributed by atoms with E-state index < -0.39 is 9.84 Å². The van der Waals surface area contributed by atoms with Crippen molar-refractivity contribution in [3.05, 3.63) is 35.9 Å². The van der Waals surface area contributed by atoms with Gasteiger partial charge in [0, 0.05) is 37.3 Å². The smallest absolute Gasteiger partial charge is 0.290 e. The van der Waals surface area contributed by atoms with Gasteiger partial charge in [-0.3, -0.25) is 9.59 Å². The highest BCUT2D eigenvalue weighted by atomic mass is 32.2. The molecule has 4 N–H and O–H groups in total. The van der Waals surface area contributed by atoms with E-state index in [9.17, 15) is 13.2 Å². The number of nitrogen functional groups attached to an aromatic ring is 1. The van der Waals surface area contributed by atoms with Crippen molar-refractivity contribution in [2.24, 2.45) is 0 Å². The van der Waals surface area contributed by atoms with E-state index in [1.54, 1.807) is 42.3 Å². The first-order chi connectivity index (χ1) is 13.3. The Hall–Kier alpha value is -3.21. The van der Waals surface area contributed by atoms with E-state index in [2.05, 4.69) is 15.3 Å². The van der Waals surface area contributed by atoms with Crippen LogP contribution >= 0.6 is 0 Å². The number of nitrogens with zero attached hydrogens (tertiary/aromatic N) is 3. The zero-order chi connectivity index (χ0) is 20.7. The Morgan fingerprint density at radius 2 is 1.79 bits per heavy atom. The molecule has 0 spiro atoms. The molecule has 0 aliphatic carbocycles. The molecule has 1 saturated heterocycles. The van der Waals surface area contributed by atoms with Gasteiger partial charge in [0.2, 0.25) is 5.95 Å². The largest absolute Gasteiger partial charge is 0.483 e. The minimum atomic E-state index is -3.01. The summed E-state index contributed by atoms with van der Waals surface area (Å²) in [5, 5.41) is 9.81. The van der Waals surface area contributed by atoms with Crippen molar-refractivity contribution >= 4 is 34.0 Å². The molecule has 0 atom stereocenters. The Morgan fingerprint density at radius 3 is 2.32 bits per heavy atom. The minimum absolute atomic E-state index is 0.0177. The number of carbonyl (C=O) groups excluding carboxylic acids is 1. The fourth-order valence-corrected chi connectivity index (χ4v) is 3.82. The Morgan fingerprint density at radius 1 is 1.21 bits per heavy atom. The molecule has 11 heteroatoms. The Labute approximate surface area is 162 Å². The van der Waals surface area contributed by atoms with Gasteiger partial charge in [-0.15, -0.1) is 0 Å². The van der Waals surface area contributed by atoms with Crippen LogP contribution in [0.2, 0.25) is 0 Å². The Kier molecular flexibility index (Phi) is 6.88. The molecule has 150 valence electrons. The lowest BCUT2D eigenvalue weighted by atomic mass is 10.1. The number of amides is 1. The monoisotopic (exact) mass is 407 g/mol. The normalized spacial score (nSPS) is 15.1. The molecule has 1 aliphatic rings. The maximum absolute atomic E-state index is 12.5. The highest BCUT2D eigenvalue weighted by molar-refractivity contribution is 7.91. The van der Waals surface area contributed by atoms with E-state index >= 15 is 0 Å². The third kappa shape index (κ3) is 5.39. The number of benzene rings is 1. The first kappa shape index (κ1) is 21.1. The van der Waals surface area contributed by atoms with Gasteiger partial charge < -0.3 is 21.1 Å². The molecule has 1 aliphatic heterocycles. The molecule has 1 aromatic heterocycles. The topological polar surface area (TPSA) is 156 Å². The fourth-order valence-electron chi connectivity index (χ4n) is 2.62. The fraction of sp³-hybridized carbons (Fsp3) is 0.294. The molecular weight excluding hydrogens is 386 g/mol. The molecule has 0 unspecified atom stereocenters. The van der Waals surface area contributed by atoms with Gasteiger partial charge in [0.1, 0.15) is 5.82 Å². The lowest BCUT2D eigenvalue weighted by Gasteiger charge is -2.26. The summed E-state index contributed by atoms with van der Waals surface area (Å²) in [5.41, 5.74) is 7.67.